The first kappa shape index (κ1) is 17.0. The Morgan fingerprint density at radius 1 is 1.32 bits per heavy atom. The number of hydrogen-bond acceptors (Lipinski definition) is 3. The lowest BCUT2D eigenvalue weighted by Gasteiger charge is -2.35. The van der Waals surface area contributed by atoms with Crippen molar-refractivity contribution in [3.8, 4) is 0 Å². The molecule has 4 nitrogen and oxygen atoms in total. The molecule has 1 aliphatic rings. The van der Waals surface area contributed by atoms with Crippen LogP contribution in [0.25, 0.3) is 0 Å². The number of aliphatic hydroxyl groups is 1. The molecule has 0 heterocycles. The van der Waals surface area contributed by atoms with E-state index in [1.165, 1.54) is 6.42 Å². The van der Waals surface area contributed by atoms with Crippen molar-refractivity contribution in [2.75, 3.05) is 13.1 Å². The summed E-state index contributed by atoms with van der Waals surface area (Å²) in [5.41, 5.74) is 7.80. The second-order valence-electron chi connectivity index (χ2n) is 6.62. The maximum atomic E-state index is 12.2. The number of aryl methyl sites for hydroxylation is 1. The molecule has 2 rings (SSSR count). The van der Waals surface area contributed by atoms with Crippen LogP contribution < -0.4 is 11.1 Å². The molecule has 0 radical (unpaired) electrons. The maximum Gasteiger partial charge on any atom is 0.220 e. The molecule has 0 spiro atoms. The Morgan fingerprint density at radius 2 is 2.00 bits per heavy atom. The van der Waals surface area contributed by atoms with Crippen LogP contribution in [0.3, 0.4) is 0 Å². The summed E-state index contributed by atoms with van der Waals surface area (Å²) in [5.74, 6) is -0.0000146. The van der Waals surface area contributed by atoms with Gasteiger partial charge in [-0.05, 0) is 42.9 Å². The van der Waals surface area contributed by atoms with Gasteiger partial charge in [0.25, 0.3) is 0 Å². The summed E-state index contributed by atoms with van der Waals surface area (Å²) >= 11 is 0. The highest BCUT2D eigenvalue weighted by molar-refractivity contribution is 5.76. The van der Waals surface area contributed by atoms with Gasteiger partial charge in [0.05, 0.1) is 6.10 Å². The molecule has 0 aliphatic heterocycles. The number of nitrogens with two attached hydrogens (primary N) is 1. The molecule has 4 heteroatoms. The van der Waals surface area contributed by atoms with E-state index in [9.17, 15) is 9.90 Å². The molecule has 1 aromatic rings. The molecule has 1 unspecified atom stereocenters. The van der Waals surface area contributed by atoms with Gasteiger partial charge in [-0.2, -0.15) is 0 Å². The number of amides is 1. The first-order valence-corrected chi connectivity index (χ1v) is 8.27. The van der Waals surface area contributed by atoms with Crippen molar-refractivity contribution < 1.29 is 9.90 Å². The standard InChI is InChI=1S/C18H28N2O2/c1-14-7-3-4-8-15(14)16(21)12-20-17(22)11-18(13-19)9-5-2-6-10-18/h3-4,7-8,16,21H,2,5-6,9-13,19H2,1H3,(H,20,22). The molecule has 1 saturated carbocycles. The Labute approximate surface area is 133 Å². The van der Waals surface area contributed by atoms with Crippen LogP contribution in [0.2, 0.25) is 0 Å². The Bertz CT molecular complexity index is 496. The summed E-state index contributed by atoms with van der Waals surface area (Å²) in [6, 6.07) is 7.71. The average molecular weight is 304 g/mol. The molecule has 0 saturated heterocycles. The molecule has 4 N–H and O–H groups in total. The molecular formula is C18H28N2O2. The minimum absolute atomic E-state index is 0.0000146. The molecular weight excluding hydrogens is 276 g/mol. The van der Waals surface area contributed by atoms with Crippen molar-refractivity contribution in [2.24, 2.45) is 11.1 Å². The lowest BCUT2D eigenvalue weighted by molar-refractivity contribution is -0.124. The van der Waals surface area contributed by atoms with E-state index < -0.39 is 6.10 Å². The molecule has 22 heavy (non-hydrogen) atoms. The second-order valence-corrected chi connectivity index (χ2v) is 6.62. The number of carbonyl (C=O) groups is 1. The van der Waals surface area contributed by atoms with Crippen LogP contribution in [0.4, 0.5) is 0 Å². The third-order valence-corrected chi connectivity index (χ3v) is 4.92. The van der Waals surface area contributed by atoms with Crippen molar-refractivity contribution >= 4 is 5.91 Å². The Balaban J connectivity index is 1.86. The van der Waals surface area contributed by atoms with Crippen LogP contribution in [-0.2, 0) is 4.79 Å². The molecule has 1 aromatic carbocycles. The van der Waals surface area contributed by atoms with E-state index in [1.807, 2.05) is 31.2 Å². The Kier molecular flexibility index (Phi) is 5.98. The van der Waals surface area contributed by atoms with Gasteiger partial charge in [0.15, 0.2) is 0 Å². The fourth-order valence-corrected chi connectivity index (χ4v) is 3.44. The predicted molar refractivity (Wildman–Crippen MR) is 88.3 cm³/mol. The summed E-state index contributed by atoms with van der Waals surface area (Å²) in [4.78, 5) is 12.2. The zero-order valence-corrected chi connectivity index (χ0v) is 13.5. The smallest absolute Gasteiger partial charge is 0.220 e. The molecule has 1 amide bonds. The lowest BCUT2D eigenvalue weighted by Crippen LogP contribution is -2.39. The predicted octanol–water partition coefficient (Wildman–Crippen LogP) is 2.44. The first-order chi connectivity index (χ1) is 10.6. The fourth-order valence-electron chi connectivity index (χ4n) is 3.44. The van der Waals surface area contributed by atoms with Crippen molar-refractivity contribution in [3.05, 3.63) is 35.4 Å². The van der Waals surface area contributed by atoms with Crippen LogP contribution in [0.15, 0.2) is 24.3 Å². The van der Waals surface area contributed by atoms with Gasteiger partial charge in [-0.25, -0.2) is 0 Å². The number of aliphatic hydroxyl groups excluding tert-OH is 1. The third-order valence-electron chi connectivity index (χ3n) is 4.92. The number of carbonyl (C=O) groups excluding carboxylic acids is 1. The SMILES string of the molecule is Cc1ccccc1C(O)CNC(=O)CC1(CN)CCCCC1. The minimum Gasteiger partial charge on any atom is -0.387 e. The summed E-state index contributed by atoms with van der Waals surface area (Å²) in [5, 5.41) is 13.1. The fraction of sp³-hybridized carbons (Fsp3) is 0.611. The van der Waals surface area contributed by atoms with Crippen molar-refractivity contribution in [3.63, 3.8) is 0 Å². The molecule has 0 aromatic heterocycles. The third kappa shape index (κ3) is 4.31. The zero-order valence-electron chi connectivity index (χ0n) is 13.5. The molecule has 1 atom stereocenters. The molecule has 1 aliphatic carbocycles. The van der Waals surface area contributed by atoms with Gasteiger partial charge < -0.3 is 16.2 Å². The van der Waals surface area contributed by atoms with Crippen molar-refractivity contribution in [1.29, 1.82) is 0 Å². The number of rotatable bonds is 6. The van der Waals surface area contributed by atoms with E-state index in [0.29, 0.717) is 13.0 Å². The molecule has 1 fully saturated rings. The van der Waals surface area contributed by atoms with E-state index in [-0.39, 0.29) is 17.9 Å². The summed E-state index contributed by atoms with van der Waals surface area (Å²) in [6.07, 6.45) is 5.46. The average Bonchev–Trinajstić information content (AvgIpc) is 2.54. The van der Waals surface area contributed by atoms with Gasteiger partial charge in [0.1, 0.15) is 0 Å². The van der Waals surface area contributed by atoms with E-state index in [0.717, 1.165) is 36.8 Å². The van der Waals surface area contributed by atoms with Crippen molar-refractivity contribution in [2.45, 2.75) is 51.6 Å². The number of hydrogen-bond donors (Lipinski definition) is 3. The van der Waals surface area contributed by atoms with E-state index in [1.54, 1.807) is 0 Å². The maximum absolute atomic E-state index is 12.2. The largest absolute Gasteiger partial charge is 0.387 e. The van der Waals surface area contributed by atoms with Gasteiger partial charge in [-0.1, -0.05) is 43.5 Å². The second kappa shape index (κ2) is 7.75. The Morgan fingerprint density at radius 3 is 2.64 bits per heavy atom. The van der Waals surface area contributed by atoms with Crippen LogP contribution in [0.5, 0.6) is 0 Å². The monoisotopic (exact) mass is 304 g/mol. The van der Waals surface area contributed by atoms with Gasteiger partial charge in [-0.15, -0.1) is 0 Å². The lowest BCUT2D eigenvalue weighted by atomic mass is 9.71. The highest BCUT2D eigenvalue weighted by Crippen LogP contribution is 2.38. The first-order valence-electron chi connectivity index (χ1n) is 8.27. The normalized spacial score (nSPS) is 18.7. The Hall–Kier alpha value is -1.39. The number of nitrogens with one attached hydrogen (secondary N) is 1. The van der Waals surface area contributed by atoms with Crippen LogP contribution >= 0.6 is 0 Å². The van der Waals surface area contributed by atoms with Gasteiger partial charge >= 0.3 is 0 Å². The van der Waals surface area contributed by atoms with Gasteiger partial charge in [0, 0.05) is 13.0 Å². The highest BCUT2D eigenvalue weighted by Gasteiger charge is 2.32. The highest BCUT2D eigenvalue weighted by atomic mass is 16.3. The summed E-state index contributed by atoms with van der Waals surface area (Å²) < 4.78 is 0. The van der Waals surface area contributed by atoms with Crippen LogP contribution in [0, 0.1) is 12.3 Å². The quantitative estimate of drug-likeness (QED) is 0.755. The van der Waals surface area contributed by atoms with Crippen molar-refractivity contribution in [1.82, 2.24) is 5.32 Å². The van der Waals surface area contributed by atoms with Gasteiger partial charge in [0.2, 0.25) is 5.91 Å². The number of benzene rings is 1. The van der Waals surface area contributed by atoms with E-state index in [2.05, 4.69) is 5.32 Å². The van der Waals surface area contributed by atoms with E-state index >= 15 is 0 Å². The minimum atomic E-state index is -0.662. The zero-order chi connectivity index (χ0) is 16.0. The summed E-state index contributed by atoms with van der Waals surface area (Å²) in [6.45, 7) is 2.79. The van der Waals surface area contributed by atoms with Crippen LogP contribution in [-0.4, -0.2) is 24.1 Å². The van der Waals surface area contributed by atoms with Crippen LogP contribution in [0.1, 0.15) is 55.8 Å². The summed E-state index contributed by atoms with van der Waals surface area (Å²) in [7, 11) is 0. The molecule has 0 bridgehead atoms. The van der Waals surface area contributed by atoms with E-state index in [4.69, 9.17) is 5.73 Å². The van der Waals surface area contributed by atoms with Gasteiger partial charge in [-0.3, -0.25) is 4.79 Å². The topological polar surface area (TPSA) is 75.3 Å². The molecule has 122 valence electrons.